The van der Waals surface area contributed by atoms with Gasteiger partial charge in [0.2, 0.25) is 0 Å². The number of anilines is 1. The zero-order chi connectivity index (χ0) is 13.7. The molecule has 1 fully saturated rings. The van der Waals surface area contributed by atoms with Gasteiger partial charge in [0.25, 0.3) is 0 Å². The summed E-state index contributed by atoms with van der Waals surface area (Å²) in [6.07, 6.45) is 4.49. The average molecular weight is 327 g/mol. The van der Waals surface area contributed by atoms with Crippen molar-refractivity contribution in [2.24, 2.45) is 0 Å². The maximum atomic E-state index is 4.60. The van der Waals surface area contributed by atoms with E-state index >= 15 is 0 Å². The van der Waals surface area contributed by atoms with Gasteiger partial charge in [-0.1, -0.05) is 13.8 Å². The first-order valence-corrected chi connectivity index (χ1v) is 8.03. The molecule has 1 aromatic rings. The Hall–Kier alpha value is -0.680. The molecule has 106 valence electrons. The first-order valence-electron chi connectivity index (χ1n) is 7.23. The van der Waals surface area contributed by atoms with Gasteiger partial charge in [0.15, 0.2) is 0 Å². The van der Waals surface area contributed by atoms with Crippen molar-refractivity contribution in [3.63, 3.8) is 0 Å². The predicted molar refractivity (Wildman–Crippen MR) is 82.5 cm³/mol. The van der Waals surface area contributed by atoms with E-state index in [0.717, 1.165) is 42.2 Å². The molecule has 5 heteroatoms. The van der Waals surface area contributed by atoms with Crippen LogP contribution in [0.5, 0.6) is 0 Å². The van der Waals surface area contributed by atoms with Gasteiger partial charge in [-0.2, -0.15) is 0 Å². The van der Waals surface area contributed by atoms with Gasteiger partial charge >= 0.3 is 0 Å². The Morgan fingerprint density at radius 3 is 3.00 bits per heavy atom. The van der Waals surface area contributed by atoms with Crippen LogP contribution in [-0.2, 0) is 6.42 Å². The molecule has 1 aliphatic heterocycles. The lowest BCUT2D eigenvalue weighted by molar-refractivity contribution is 0.226. The fourth-order valence-corrected chi connectivity index (χ4v) is 2.97. The molecule has 0 spiro atoms. The SMILES string of the molecule is CCCc1nc(Br)cc(NC2CCCN(CC)C2)n1. The summed E-state index contributed by atoms with van der Waals surface area (Å²) in [4.78, 5) is 11.5. The number of halogens is 1. The standard InChI is InChI=1S/C14H23BrN4/c1-3-6-13-17-12(15)9-14(18-13)16-11-7-5-8-19(4-2)10-11/h9,11H,3-8,10H2,1-2H3,(H,16,17,18). The third-order valence-electron chi connectivity index (χ3n) is 3.52. The van der Waals surface area contributed by atoms with Crippen LogP contribution in [0, 0.1) is 0 Å². The van der Waals surface area contributed by atoms with Crippen LogP contribution < -0.4 is 5.32 Å². The molecule has 1 N–H and O–H groups in total. The van der Waals surface area contributed by atoms with E-state index < -0.39 is 0 Å². The molecule has 0 aromatic carbocycles. The van der Waals surface area contributed by atoms with Crippen LogP contribution in [0.4, 0.5) is 5.82 Å². The lowest BCUT2D eigenvalue weighted by Crippen LogP contribution is -2.42. The van der Waals surface area contributed by atoms with Gasteiger partial charge in [-0.15, -0.1) is 0 Å². The zero-order valence-corrected chi connectivity index (χ0v) is 13.4. The van der Waals surface area contributed by atoms with Gasteiger partial charge in [-0.25, -0.2) is 9.97 Å². The Labute approximate surface area is 124 Å². The summed E-state index contributed by atoms with van der Waals surface area (Å²) in [6.45, 7) is 7.85. The average Bonchev–Trinajstić information content (AvgIpc) is 2.38. The second-order valence-corrected chi connectivity index (χ2v) is 5.93. The van der Waals surface area contributed by atoms with Crippen molar-refractivity contribution in [2.75, 3.05) is 25.0 Å². The molecule has 1 saturated heterocycles. The van der Waals surface area contributed by atoms with E-state index in [-0.39, 0.29) is 0 Å². The fraction of sp³-hybridized carbons (Fsp3) is 0.714. The minimum absolute atomic E-state index is 0.505. The highest BCUT2D eigenvalue weighted by Gasteiger charge is 2.19. The molecule has 0 bridgehead atoms. The van der Waals surface area contributed by atoms with E-state index in [9.17, 15) is 0 Å². The highest BCUT2D eigenvalue weighted by atomic mass is 79.9. The maximum Gasteiger partial charge on any atom is 0.132 e. The molecule has 2 heterocycles. The summed E-state index contributed by atoms with van der Waals surface area (Å²) < 4.78 is 0.872. The van der Waals surface area contributed by atoms with Crippen LogP contribution in [0.15, 0.2) is 10.7 Å². The van der Waals surface area contributed by atoms with Crippen molar-refractivity contribution < 1.29 is 0 Å². The number of likely N-dealkylation sites (N-methyl/N-ethyl adjacent to an activating group) is 1. The summed E-state index contributed by atoms with van der Waals surface area (Å²) in [5.41, 5.74) is 0. The Balaban J connectivity index is 2.01. The molecule has 1 aliphatic rings. The number of likely N-dealkylation sites (tertiary alicyclic amines) is 1. The number of aryl methyl sites for hydroxylation is 1. The molecular formula is C14H23BrN4. The Morgan fingerprint density at radius 2 is 2.26 bits per heavy atom. The molecule has 0 amide bonds. The molecule has 0 aliphatic carbocycles. The summed E-state index contributed by atoms with van der Waals surface area (Å²) in [6, 6.07) is 2.48. The zero-order valence-electron chi connectivity index (χ0n) is 11.8. The minimum atomic E-state index is 0.505. The highest BCUT2D eigenvalue weighted by Crippen LogP contribution is 2.18. The molecule has 1 atom stereocenters. The van der Waals surface area contributed by atoms with Gasteiger partial charge in [0, 0.05) is 25.1 Å². The first-order chi connectivity index (χ1) is 9.21. The number of nitrogens with one attached hydrogen (secondary N) is 1. The molecule has 2 rings (SSSR count). The molecule has 0 radical (unpaired) electrons. The van der Waals surface area contributed by atoms with Crippen molar-refractivity contribution in [1.82, 2.24) is 14.9 Å². The Kier molecular flexibility index (Phi) is 5.58. The quantitative estimate of drug-likeness (QED) is 0.844. The van der Waals surface area contributed by atoms with Crippen LogP contribution in [0.3, 0.4) is 0 Å². The van der Waals surface area contributed by atoms with Crippen molar-refractivity contribution in [3.05, 3.63) is 16.5 Å². The third-order valence-corrected chi connectivity index (χ3v) is 3.93. The van der Waals surface area contributed by atoms with Gasteiger partial charge in [0.1, 0.15) is 16.2 Å². The van der Waals surface area contributed by atoms with Crippen LogP contribution in [-0.4, -0.2) is 40.5 Å². The first kappa shape index (κ1) is 14.7. The largest absolute Gasteiger partial charge is 0.366 e. The minimum Gasteiger partial charge on any atom is -0.366 e. The van der Waals surface area contributed by atoms with Crippen molar-refractivity contribution in [2.45, 2.75) is 45.6 Å². The van der Waals surface area contributed by atoms with Gasteiger partial charge in [-0.05, 0) is 48.3 Å². The second kappa shape index (κ2) is 7.20. The summed E-state index contributed by atoms with van der Waals surface area (Å²) in [5.74, 6) is 1.87. The summed E-state index contributed by atoms with van der Waals surface area (Å²) >= 11 is 3.47. The number of hydrogen-bond acceptors (Lipinski definition) is 4. The van der Waals surface area contributed by atoms with Crippen LogP contribution >= 0.6 is 15.9 Å². The topological polar surface area (TPSA) is 41.1 Å². The van der Waals surface area contributed by atoms with E-state index in [1.54, 1.807) is 0 Å². The normalized spacial score (nSPS) is 20.5. The third kappa shape index (κ3) is 4.42. The monoisotopic (exact) mass is 326 g/mol. The molecular weight excluding hydrogens is 304 g/mol. The van der Waals surface area contributed by atoms with E-state index in [2.05, 4.69) is 50.0 Å². The van der Waals surface area contributed by atoms with Crippen molar-refractivity contribution in [1.29, 1.82) is 0 Å². The number of hydrogen-bond donors (Lipinski definition) is 1. The van der Waals surface area contributed by atoms with Crippen molar-refractivity contribution in [3.8, 4) is 0 Å². The molecule has 0 saturated carbocycles. The number of piperidine rings is 1. The van der Waals surface area contributed by atoms with Crippen LogP contribution in [0.1, 0.15) is 38.9 Å². The van der Waals surface area contributed by atoms with E-state index in [4.69, 9.17) is 0 Å². The summed E-state index contributed by atoms with van der Waals surface area (Å²) in [7, 11) is 0. The Bertz CT molecular complexity index is 410. The number of rotatable bonds is 5. The lowest BCUT2D eigenvalue weighted by atomic mass is 10.1. The lowest BCUT2D eigenvalue weighted by Gasteiger charge is -2.32. The van der Waals surface area contributed by atoms with E-state index in [0.29, 0.717) is 6.04 Å². The predicted octanol–water partition coefficient (Wildman–Crippen LogP) is 3.09. The van der Waals surface area contributed by atoms with Gasteiger partial charge in [-0.3, -0.25) is 0 Å². The number of nitrogens with zero attached hydrogens (tertiary/aromatic N) is 3. The smallest absolute Gasteiger partial charge is 0.132 e. The Morgan fingerprint density at radius 1 is 1.42 bits per heavy atom. The van der Waals surface area contributed by atoms with Gasteiger partial charge in [0.05, 0.1) is 0 Å². The second-order valence-electron chi connectivity index (χ2n) is 5.12. The van der Waals surface area contributed by atoms with Crippen LogP contribution in [0.2, 0.25) is 0 Å². The van der Waals surface area contributed by atoms with E-state index in [1.165, 1.54) is 19.4 Å². The molecule has 1 unspecified atom stereocenters. The molecule has 1 aromatic heterocycles. The molecule has 19 heavy (non-hydrogen) atoms. The maximum absolute atomic E-state index is 4.60. The van der Waals surface area contributed by atoms with Crippen LogP contribution in [0.25, 0.3) is 0 Å². The van der Waals surface area contributed by atoms with Gasteiger partial charge < -0.3 is 10.2 Å². The molecule has 4 nitrogen and oxygen atoms in total. The highest BCUT2D eigenvalue weighted by molar-refractivity contribution is 9.10. The summed E-state index contributed by atoms with van der Waals surface area (Å²) in [5, 5.41) is 3.56. The van der Waals surface area contributed by atoms with Crippen molar-refractivity contribution >= 4 is 21.7 Å². The van der Waals surface area contributed by atoms with E-state index in [1.807, 2.05) is 6.07 Å². The fourth-order valence-electron chi connectivity index (χ4n) is 2.54. The number of aromatic nitrogens is 2.